The molecule has 6 nitrogen and oxygen atoms in total. The zero-order valence-corrected chi connectivity index (χ0v) is 9.47. The third-order valence-electron chi connectivity index (χ3n) is 3.14. The molecule has 0 spiro atoms. The summed E-state index contributed by atoms with van der Waals surface area (Å²) in [5, 5.41) is 31.1. The van der Waals surface area contributed by atoms with Gasteiger partial charge in [-0.3, -0.25) is 4.79 Å². The van der Waals surface area contributed by atoms with Gasteiger partial charge in [-0.2, -0.15) is 0 Å². The van der Waals surface area contributed by atoms with Crippen molar-refractivity contribution in [3.63, 3.8) is 0 Å². The molecule has 1 aliphatic rings. The number of carbonyl (C=O) groups excluding carboxylic acids is 1. The van der Waals surface area contributed by atoms with Crippen LogP contribution in [0.3, 0.4) is 0 Å². The molecule has 0 bridgehead atoms. The number of aliphatic hydroxyl groups is 2. The van der Waals surface area contributed by atoms with Crippen LogP contribution in [0.15, 0.2) is 0 Å². The quantitative estimate of drug-likeness (QED) is 0.496. The number of aliphatic hydroxyl groups excluding tert-OH is 2. The van der Waals surface area contributed by atoms with E-state index < -0.39 is 41.5 Å². The molecule has 6 heteroatoms. The molecular weight excluding hydrogens is 214 g/mol. The van der Waals surface area contributed by atoms with E-state index in [1.165, 1.54) is 6.92 Å². The van der Waals surface area contributed by atoms with Gasteiger partial charge in [-0.15, -0.1) is 0 Å². The maximum absolute atomic E-state index is 11.4. The summed E-state index contributed by atoms with van der Waals surface area (Å²) < 4.78 is 0. The van der Waals surface area contributed by atoms with Gasteiger partial charge in [0.2, 0.25) is 5.91 Å². The van der Waals surface area contributed by atoms with Crippen molar-refractivity contribution in [2.45, 2.75) is 38.5 Å². The van der Waals surface area contributed by atoms with Gasteiger partial charge in [0.25, 0.3) is 0 Å². The summed E-state index contributed by atoms with van der Waals surface area (Å²) >= 11 is 0. The monoisotopic (exact) mass is 231 g/mol. The fourth-order valence-corrected chi connectivity index (χ4v) is 2.01. The maximum Gasteiger partial charge on any atom is 0.334 e. The van der Waals surface area contributed by atoms with Crippen molar-refractivity contribution < 1.29 is 24.9 Å². The van der Waals surface area contributed by atoms with E-state index in [-0.39, 0.29) is 0 Å². The Morgan fingerprint density at radius 2 is 2.00 bits per heavy atom. The lowest BCUT2D eigenvalue weighted by molar-refractivity contribution is -0.158. The SMILES string of the molecule is CC(C)[C@@H](O)C1(C(=O)O)NC(=O)[C@H](C)[C@@H]1O. The Kier molecular flexibility index (Phi) is 3.25. The number of hydrogen-bond acceptors (Lipinski definition) is 4. The van der Waals surface area contributed by atoms with Crippen LogP contribution in [0, 0.1) is 11.8 Å². The second-order valence-electron chi connectivity index (χ2n) is 4.59. The molecule has 1 amide bonds. The number of hydrogen-bond donors (Lipinski definition) is 4. The minimum atomic E-state index is -2.00. The van der Waals surface area contributed by atoms with Crippen LogP contribution in [0.5, 0.6) is 0 Å². The number of rotatable bonds is 3. The largest absolute Gasteiger partial charge is 0.479 e. The molecule has 0 saturated carbocycles. The normalized spacial score (nSPS) is 36.2. The molecule has 92 valence electrons. The second-order valence-corrected chi connectivity index (χ2v) is 4.59. The summed E-state index contributed by atoms with van der Waals surface area (Å²) in [5.41, 5.74) is -2.00. The first-order chi connectivity index (χ1) is 7.25. The lowest BCUT2D eigenvalue weighted by Gasteiger charge is -2.35. The Morgan fingerprint density at radius 1 is 1.50 bits per heavy atom. The van der Waals surface area contributed by atoms with Crippen molar-refractivity contribution in [1.82, 2.24) is 5.32 Å². The highest BCUT2D eigenvalue weighted by Crippen LogP contribution is 2.32. The number of carboxylic acid groups (broad SMARTS) is 1. The lowest BCUT2D eigenvalue weighted by Crippen LogP contribution is -2.65. The molecular formula is C10H17NO5. The van der Waals surface area contributed by atoms with Crippen LogP contribution in [0.25, 0.3) is 0 Å². The van der Waals surface area contributed by atoms with Gasteiger partial charge in [0, 0.05) is 0 Å². The third-order valence-corrected chi connectivity index (χ3v) is 3.14. The zero-order chi connectivity index (χ0) is 12.7. The number of amides is 1. The van der Waals surface area contributed by atoms with E-state index in [0.29, 0.717) is 0 Å². The number of carboxylic acids is 1. The summed E-state index contributed by atoms with van der Waals surface area (Å²) in [4.78, 5) is 22.6. The van der Waals surface area contributed by atoms with Gasteiger partial charge in [-0.25, -0.2) is 4.79 Å². The zero-order valence-electron chi connectivity index (χ0n) is 9.47. The van der Waals surface area contributed by atoms with Crippen LogP contribution in [-0.4, -0.2) is 44.9 Å². The molecule has 16 heavy (non-hydrogen) atoms. The Balaban J connectivity index is 3.18. The molecule has 1 saturated heterocycles. The second kappa shape index (κ2) is 4.03. The van der Waals surface area contributed by atoms with Crippen molar-refractivity contribution in [2.24, 2.45) is 11.8 Å². The summed E-state index contributed by atoms with van der Waals surface area (Å²) in [6.45, 7) is 4.67. The molecule has 1 unspecified atom stereocenters. The van der Waals surface area contributed by atoms with Gasteiger partial charge < -0.3 is 20.6 Å². The average Bonchev–Trinajstić information content (AvgIpc) is 2.42. The van der Waals surface area contributed by atoms with Gasteiger partial charge in [0.15, 0.2) is 5.54 Å². The van der Waals surface area contributed by atoms with Crippen LogP contribution in [0.2, 0.25) is 0 Å². The van der Waals surface area contributed by atoms with Gasteiger partial charge in [-0.05, 0) is 5.92 Å². The van der Waals surface area contributed by atoms with Crippen molar-refractivity contribution >= 4 is 11.9 Å². The van der Waals surface area contributed by atoms with Crippen LogP contribution in [-0.2, 0) is 9.59 Å². The molecule has 0 aliphatic carbocycles. The molecule has 4 atom stereocenters. The summed E-state index contributed by atoms with van der Waals surface area (Å²) in [6, 6.07) is 0. The van der Waals surface area contributed by atoms with Crippen molar-refractivity contribution in [3.05, 3.63) is 0 Å². The number of carbonyl (C=O) groups is 2. The molecule has 0 aromatic carbocycles. The molecule has 1 heterocycles. The number of nitrogens with one attached hydrogen (secondary N) is 1. The van der Waals surface area contributed by atoms with Crippen molar-refractivity contribution in [2.75, 3.05) is 0 Å². The van der Waals surface area contributed by atoms with Gasteiger partial charge >= 0.3 is 5.97 Å². The summed E-state index contributed by atoms with van der Waals surface area (Å²) in [6.07, 6.45) is -2.77. The Labute approximate surface area is 93.3 Å². The van der Waals surface area contributed by atoms with Gasteiger partial charge in [0.05, 0.1) is 12.0 Å². The number of aliphatic carboxylic acids is 1. The Morgan fingerprint density at radius 3 is 2.25 bits per heavy atom. The summed E-state index contributed by atoms with van der Waals surface area (Å²) in [7, 11) is 0. The fourth-order valence-electron chi connectivity index (χ4n) is 2.01. The van der Waals surface area contributed by atoms with E-state index in [9.17, 15) is 19.8 Å². The molecule has 0 aromatic heterocycles. The van der Waals surface area contributed by atoms with Gasteiger partial charge in [0.1, 0.15) is 6.10 Å². The van der Waals surface area contributed by atoms with E-state index in [2.05, 4.69) is 5.32 Å². The fraction of sp³-hybridized carbons (Fsp3) is 0.800. The standard InChI is InChI=1S/C10H17NO5/c1-4(2)6(12)10(9(15)16)7(13)5(3)8(14)11-10/h4-7,12-13H,1-3H3,(H,11,14)(H,15,16)/t5-,6-,7+,10?/m1/s1. The smallest absolute Gasteiger partial charge is 0.334 e. The van der Waals surface area contributed by atoms with E-state index >= 15 is 0 Å². The first kappa shape index (κ1) is 12.9. The summed E-state index contributed by atoms with van der Waals surface area (Å²) in [5.74, 6) is -3.21. The predicted molar refractivity (Wildman–Crippen MR) is 54.5 cm³/mol. The topological polar surface area (TPSA) is 107 Å². The molecule has 1 rings (SSSR count). The molecule has 1 fully saturated rings. The van der Waals surface area contributed by atoms with E-state index in [1.807, 2.05) is 0 Å². The minimum absolute atomic E-state index is 0.392. The van der Waals surface area contributed by atoms with Crippen molar-refractivity contribution in [1.29, 1.82) is 0 Å². The van der Waals surface area contributed by atoms with Crippen LogP contribution >= 0.6 is 0 Å². The Hall–Kier alpha value is -1.14. The van der Waals surface area contributed by atoms with Crippen LogP contribution in [0.1, 0.15) is 20.8 Å². The van der Waals surface area contributed by atoms with E-state index in [0.717, 1.165) is 0 Å². The molecule has 4 N–H and O–H groups in total. The Bertz CT molecular complexity index is 316. The first-order valence-corrected chi connectivity index (χ1v) is 5.16. The highest BCUT2D eigenvalue weighted by Gasteiger charge is 2.61. The average molecular weight is 231 g/mol. The molecule has 0 radical (unpaired) electrons. The van der Waals surface area contributed by atoms with Crippen molar-refractivity contribution in [3.8, 4) is 0 Å². The maximum atomic E-state index is 11.4. The van der Waals surface area contributed by atoms with E-state index in [1.54, 1.807) is 13.8 Å². The van der Waals surface area contributed by atoms with Crippen LogP contribution in [0.4, 0.5) is 0 Å². The molecule has 1 aliphatic heterocycles. The highest BCUT2D eigenvalue weighted by molar-refractivity contribution is 5.94. The lowest BCUT2D eigenvalue weighted by atomic mass is 9.80. The highest BCUT2D eigenvalue weighted by atomic mass is 16.4. The first-order valence-electron chi connectivity index (χ1n) is 5.16. The third kappa shape index (κ3) is 1.58. The predicted octanol–water partition coefficient (Wildman–Crippen LogP) is -1.05. The molecule has 0 aromatic rings. The van der Waals surface area contributed by atoms with Gasteiger partial charge in [-0.1, -0.05) is 20.8 Å². The minimum Gasteiger partial charge on any atom is -0.479 e. The van der Waals surface area contributed by atoms with E-state index in [4.69, 9.17) is 5.11 Å². The van der Waals surface area contributed by atoms with Crippen LogP contribution < -0.4 is 5.32 Å².